The lowest BCUT2D eigenvalue weighted by molar-refractivity contribution is -0.138. The molecule has 0 bridgehead atoms. The maximum absolute atomic E-state index is 12.3. The average molecular weight is 262 g/mol. The van der Waals surface area contributed by atoms with Gasteiger partial charge in [-0.2, -0.15) is 0 Å². The summed E-state index contributed by atoms with van der Waals surface area (Å²) in [5.41, 5.74) is 6.80. The Morgan fingerprint density at radius 2 is 2.21 bits per heavy atom. The molecule has 1 aromatic carbocycles. The van der Waals surface area contributed by atoms with Crippen LogP contribution in [0.15, 0.2) is 24.3 Å². The molecule has 1 unspecified atom stereocenters. The van der Waals surface area contributed by atoms with Crippen molar-refractivity contribution in [3.8, 4) is 0 Å². The van der Waals surface area contributed by atoms with E-state index < -0.39 is 5.97 Å². The Morgan fingerprint density at radius 3 is 2.89 bits per heavy atom. The van der Waals surface area contributed by atoms with E-state index in [1.165, 1.54) is 0 Å². The number of nitrogen functional groups attached to an aromatic ring is 1. The molecule has 1 amide bonds. The minimum absolute atomic E-state index is 0.0521. The summed E-state index contributed by atoms with van der Waals surface area (Å²) < 4.78 is 0. The van der Waals surface area contributed by atoms with Crippen LogP contribution in [-0.2, 0) is 4.79 Å². The van der Waals surface area contributed by atoms with Crippen molar-refractivity contribution in [1.29, 1.82) is 0 Å². The van der Waals surface area contributed by atoms with Crippen LogP contribution in [0.4, 0.5) is 5.69 Å². The number of carboxylic acid groups (broad SMARTS) is 1. The van der Waals surface area contributed by atoms with Gasteiger partial charge in [0, 0.05) is 30.8 Å². The molecule has 0 radical (unpaired) electrons. The molecule has 2 rings (SSSR count). The number of carbonyl (C=O) groups excluding carboxylic acids is 1. The van der Waals surface area contributed by atoms with Crippen molar-refractivity contribution in [3.05, 3.63) is 29.8 Å². The van der Waals surface area contributed by atoms with Gasteiger partial charge in [0.2, 0.25) is 0 Å². The third-order valence-electron chi connectivity index (χ3n) is 3.40. The number of nitrogens with zero attached hydrogens (tertiary/aromatic N) is 1. The first kappa shape index (κ1) is 13.4. The lowest BCUT2D eigenvalue weighted by Crippen LogP contribution is -2.40. The fourth-order valence-corrected chi connectivity index (χ4v) is 2.52. The highest BCUT2D eigenvalue weighted by Gasteiger charge is 2.25. The third-order valence-corrected chi connectivity index (χ3v) is 3.40. The van der Waals surface area contributed by atoms with Crippen LogP contribution in [0, 0.1) is 5.92 Å². The Bertz CT molecular complexity index is 487. The molecule has 1 saturated heterocycles. The molecule has 0 saturated carbocycles. The van der Waals surface area contributed by atoms with E-state index in [2.05, 4.69) is 0 Å². The van der Waals surface area contributed by atoms with Crippen molar-refractivity contribution >= 4 is 17.6 Å². The molecule has 0 aliphatic carbocycles. The van der Waals surface area contributed by atoms with Gasteiger partial charge in [0.1, 0.15) is 0 Å². The summed E-state index contributed by atoms with van der Waals surface area (Å²) in [7, 11) is 0. The summed E-state index contributed by atoms with van der Waals surface area (Å²) in [5.74, 6) is -0.818. The molecule has 102 valence electrons. The lowest BCUT2D eigenvalue weighted by Gasteiger charge is -2.32. The maximum Gasteiger partial charge on any atom is 0.303 e. The predicted molar refractivity (Wildman–Crippen MR) is 71.7 cm³/mol. The number of piperidine rings is 1. The van der Waals surface area contributed by atoms with Crippen molar-refractivity contribution in [3.63, 3.8) is 0 Å². The van der Waals surface area contributed by atoms with Gasteiger partial charge >= 0.3 is 5.97 Å². The number of nitrogens with two attached hydrogens (primary N) is 1. The monoisotopic (exact) mass is 262 g/mol. The number of anilines is 1. The molecule has 1 heterocycles. The van der Waals surface area contributed by atoms with Gasteiger partial charge in [-0.3, -0.25) is 9.59 Å². The second kappa shape index (κ2) is 5.73. The number of hydrogen-bond acceptors (Lipinski definition) is 3. The summed E-state index contributed by atoms with van der Waals surface area (Å²) in [6, 6.07) is 6.88. The fourth-order valence-electron chi connectivity index (χ4n) is 2.52. The first-order valence-corrected chi connectivity index (χ1v) is 6.43. The molecule has 1 aliphatic heterocycles. The van der Waals surface area contributed by atoms with Crippen LogP contribution >= 0.6 is 0 Å². The molecule has 0 spiro atoms. The van der Waals surface area contributed by atoms with Crippen LogP contribution in [-0.4, -0.2) is 35.0 Å². The van der Waals surface area contributed by atoms with E-state index >= 15 is 0 Å². The SMILES string of the molecule is Nc1cccc(C(=O)N2CCCC(CC(=O)O)C2)c1. The summed E-state index contributed by atoms with van der Waals surface area (Å²) in [6.07, 6.45) is 1.85. The van der Waals surface area contributed by atoms with Crippen LogP contribution in [0.2, 0.25) is 0 Å². The number of carboxylic acids is 1. The Labute approximate surface area is 112 Å². The molecule has 1 fully saturated rings. The second-order valence-corrected chi connectivity index (χ2v) is 4.98. The fraction of sp³-hybridized carbons (Fsp3) is 0.429. The molecular weight excluding hydrogens is 244 g/mol. The van der Waals surface area contributed by atoms with Crippen molar-refractivity contribution < 1.29 is 14.7 Å². The highest BCUT2D eigenvalue weighted by molar-refractivity contribution is 5.95. The Morgan fingerprint density at radius 1 is 1.42 bits per heavy atom. The molecule has 3 N–H and O–H groups in total. The maximum atomic E-state index is 12.3. The zero-order valence-electron chi connectivity index (χ0n) is 10.7. The van der Waals surface area contributed by atoms with Gasteiger partial charge in [-0.15, -0.1) is 0 Å². The number of rotatable bonds is 3. The van der Waals surface area contributed by atoms with Gasteiger partial charge in [0.05, 0.1) is 0 Å². The normalized spacial score (nSPS) is 19.2. The largest absolute Gasteiger partial charge is 0.481 e. The van der Waals surface area contributed by atoms with Gasteiger partial charge in [-0.25, -0.2) is 0 Å². The molecule has 1 aromatic rings. The quantitative estimate of drug-likeness (QED) is 0.810. The number of hydrogen-bond donors (Lipinski definition) is 2. The molecule has 1 aliphatic rings. The number of benzene rings is 1. The third kappa shape index (κ3) is 3.47. The first-order chi connectivity index (χ1) is 9.06. The van der Waals surface area contributed by atoms with Crippen LogP contribution in [0.1, 0.15) is 29.6 Å². The van der Waals surface area contributed by atoms with Crippen molar-refractivity contribution in [2.75, 3.05) is 18.8 Å². The zero-order valence-corrected chi connectivity index (χ0v) is 10.7. The molecule has 1 atom stereocenters. The summed E-state index contributed by atoms with van der Waals surface area (Å²) in [4.78, 5) is 24.8. The van der Waals surface area contributed by atoms with Crippen molar-refractivity contribution in [2.45, 2.75) is 19.3 Å². The van der Waals surface area contributed by atoms with E-state index in [0.717, 1.165) is 12.8 Å². The van der Waals surface area contributed by atoms with Crippen LogP contribution in [0.5, 0.6) is 0 Å². The highest BCUT2D eigenvalue weighted by Crippen LogP contribution is 2.21. The van der Waals surface area contributed by atoms with E-state index in [1.807, 2.05) is 0 Å². The molecule has 5 heteroatoms. The molecule has 0 aromatic heterocycles. The van der Waals surface area contributed by atoms with Gasteiger partial charge in [0.15, 0.2) is 0 Å². The second-order valence-electron chi connectivity index (χ2n) is 4.98. The Kier molecular flexibility index (Phi) is 4.04. The first-order valence-electron chi connectivity index (χ1n) is 6.43. The summed E-state index contributed by atoms with van der Waals surface area (Å²) in [6.45, 7) is 1.20. The molecule has 19 heavy (non-hydrogen) atoms. The topological polar surface area (TPSA) is 83.6 Å². The van der Waals surface area contributed by atoms with E-state index in [9.17, 15) is 9.59 Å². The van der Waals surface area contributed by atoms with E-state index in [4.69, 9.17) is 10.8 Å². The van der Waals surface area contributed by atoms with Gasteiger partial charge in [-0.1, -0.05) is 6.07 Å². The summed E-state index contributed by atoms with van der Waals surface area (Å²) in [5, 5.41) is 8.82. The summed E-state index contributed by atoms with van der Waals surface area (Å²) >= 11 is 0. The minimum atomic E-state index is -0.803. The average Bonchev–Trinajstić information content (AvgIpc) is 2.37. The smallest absolute Gasteiger partial charge is 0.303 e. The number of likely N-dealkylation sites (tertiary alicyclic amines) is 1. The van der Waals surface area contributed by atoms with E-state index in [1.54, 1.807) is 29.2 Å². The van der Waals surface area contributed by atoms with Crippen LogP contribution < -0.4 is 5.73 Å². The predicted octanol–water partition coefficient (Wildman–Crippen LogP) is 1.60. The minimum Gasteiger partial charge on any atom is -0.481 e. The van der Waals surface area contributed by atoms with Crippen LogP contribution in [0.25, 0.3) is 0 Å². The van der Waals surface area contributed by atoms with Gasteiger partial charge in [0.25, 0.3) is 5.91 Å². The Balaban J connectivity index is 2.04. The number of carbonyl (C=O) groups is 2. The van der Waals surface area contributed by atoms with Crippen molar-refractivity contribution in [1.82, 2.24) is 4.90 Å². The highest BCUT2D eigenvalue weighted by atomic mass is 16.4. The molecule has 5 nitrogen and oxygen atoms in total. The van der Waals surface area contributed by atoms with Gasteiger partial charge in [-0.05, 0) is 37.0 Å². The Hall–Kier alpha value is -2.04. The van der Waals surface area contributed by atoms with E-state index in [0.29, 0.717) is 24.3 Å². The zero-order chi connectivity index (χ0) is 13.8. The van der Waals surface area contributed by atoms with Gasteiger partial charge < -0.3 is 15.7 Å². The van der Waals surface area contributed by atoms with Crippen molar-refractivity contribution in [2.24, 2.45) is 5.92 Å². The number of amides is 1. The lowest BCUT2D eigenvalue weighted by atomic mass is 9.94. The van der Waals surface area contributed by atoms with Crippen LogP contribution in [0.3, 0.4) is 0 Å². The van der Waals surface area contributed by atoms with E-state index in [-0.39, 0.29) is 18.2 Å². The molecular formula is C14H18N2O3. The standard InChI is InChI=1S/C14H18N2O3/c15-12-5-1-4-11(8-12)14(19)16-6-2-3-10(9-16)7-13(17)18/h1,4-5,8,10H,2-3,6-7,9,15H2,(H,17,18). The number of aliphatic carboxylic acids is 1.